The Balaban J connectivity index is 2.24. The quantitative estimate of drug-likeness (QED) is 0.460. The van der Waals surface area contributed by atoms with Crippen molar-refractivity contribution in [2.75, 3.05) is 13.2 Å². The second kappa shape index (κ2) is 9.19. The molecule has 3 nitrogen and oxygen atoms in total. The molecule has 1 aromatic carbocycles. The van der Waals surface area contributed by atoms with E-state index in [1.54, 1.807) is 0 Å². The molecule has 1 rings (SSSR count). The van der Waals surface area contributed by atoms with Gasteiger partial charge >= 0.3 is 0 Å². The molecule has 3 heteroatoms. The fourth-order valence-corrected chi connectivity index (χ4v) is 1.88. The van der Waals surface area contributed by atoms with Crippen molar-refractivity contribution < 1.29 is 14.3 Å². The van der Waals surface area contributed by atoms with Crippen LogP contribution in [-0.4, -0.2) is 19.5 Å². The summed E-state index contributed by atoms with van der Waals surface area (Å²) in [6.45, 7) is 13.2. The van der Waals surface area contributed by atoms with Gasteiger partial charge in [0, 0.05) is 18.6 Å². The van der Waals surface area contributed by atoms with Gasteiger partial charge in [-0.2, -0.15) is 0 Å². The van der Waals surface area contributed by atoms with Crippen LogP contribution in [-0.2, 0) is 27.5 Å². The first-order chi connectivity index (χ1) is 10.7. The minimum absolute atomic E-state index is 0.297. The molecule has 0 saturated carbocycles. The Morgan fingerprint density at radius 3 is 1.65 bits per heavy atom. The third-order valence-corrected chi connectivity index (χ3v) is 3.77. The van der Waals surface area contributed by atoms with Crippen molar-refractivity contribution in [3.8, 4) is 0 Å². The van der Waals surface area contributed by atoms with Crippen molar-refractivity contribution in [2.24, 2.45) is 10.8 Å². The van der Waals surface area contributed by atoms with Gasteiger partial charge in [0.05, 0.1) is 13.2 Å². The van der Waals surface area contributed by atoms with Crippen molar-refractivity contribution in [3.63, 3.8) is 0 Å². The lowest BCUT2D eigenvalue weighted by atomic mass is 9.92. The number of benzene rings is 1. The van der Waals surface area contributed by atoms with Crippen molar-refractivity contribution in [2.45, 2.75) is 60.7 Å². The maximum Gasteiger partial charge on any atom is 0.125 e. The zero-order valence-corrected chi connectivity index (χ0v) is 15.4. The van der Waals surface area contributed by atoms with Gasteiger partial charge in [-0.05, 0) is 29.4 Å². The monoisotopic (exact) mass is 320 g/mol. The number of aldehydes is 1. The van der Waals surface area contributed by atoms with Crippen LogP contribution in [0.5, 0.6) is 0 Å². The minimum Gasteiger partial charge on any atom is -0.377 e. The van der Waals surface area contributed by atoms with Gasteiger partial charge in [-0.3, -0.25) is 0 Å². The van der Waals surface area contributed by atoms with Crippen LogP contribution in [0.25, 0.3) is 0 Å². The minimum atomic E-state index is -0.297. The van der Waals surface area contributed by atoms with E-state index in [2.05, 4.69) is 45.0 Å². The number of rotatable bonds is 10. The second-order valence-corrected chi connectivity index (χ2v) is 8.09. The highest BCUT2D eigenvalue weighted by Crippen LogP contribution is 2.19. The van der Waals surface area contributed by atoms with Gasteiger partial charge in [0.2, 0.25) is 0 Å². The van der Waals surface area contributed by atoms with E-state index in [9.17, 15) is 4.79 Å². The molecule has 0 radical (unpaired) electrons. The number of ether oxygens (including phenoxy) is 2. The lowest BCUT2D eigenvalue weighted by Crippen LogP contribution is -2.15. The Hall–Kier alpha value is -1.19. The first-order valence-electron chi connectivity index (χ1n) is 8.41. The van der Waals surface area contributed by atoms with Crippen LogP contribution in [0.2, 0.25) is 0 Å². The fourth-order valence-electron chi connectivity index (χ4n) is 1.88. The largest absolute Gasteiger partial charge is 0.377 e. The zero-order chi connectivity index (χ0) is 17.3. The number of carbonyl (C=O) groups excluding carboxylic acids is 1. The van der Waals surface area contributed by atoms with Crippen molar-refractivity contribution in [1.82, 2.24) is 0 Å². The summed E-state index contributed by atoms with van der Waals surface area (Å²) in [5.74, 6) is 0. The van der Waals surface area contributed by atoms with Gasteiger partial charge < -0.3 is 14.3 Å². The van der Waals surface area contributed by atoms with Gasteiger partial charge in [-0.15, -0.1) is 0 Å². The van der Waals surface area contributed by atoms with E-state index in [0.29, 0.717) is 25.2 Å². The van der Waals surface area contributed by atoms with Crippen LogP contribution in [0.3, 0.4) is 0 Å². The van der Waals surface area contributed by atoms with E-state index in [4.69, 9.17) is 9.47 Å². The lowest BCUT2D eigenvalue weighted by molar-refractivity contribution is -0.115. The van der Waals surface area contributed by atoms with Crippen LogP contribution in [0, 0.1) is 10.8 Å². The highest BCUT2D eigenvalue weighted by Gasteiger charge is 2.15. The van der Waals surface area contributed by atoms with E-state index in [1.165, 1.54) is 5.56 Å². The Morgan fingerprint density at radius 1 is 0.826 bits per heavy atom. The molecule has 0 aliphatic carbocycles. The Labute approximate surface area is 141 Å². The molecular weight excluding hydrogens is 288 g/mol. The summed E-state index contributed by atoms with van der Waals surface area (Å²) < 4.78 is 11.4. The average Bonchev–Trinajstić information content (AvgIpc) is 2.48. The first kappa shape index (κ1) is 19.9. The van der Waals surface area contributed by atoms with Gasteiger partial charge in [0.1, 0.15) is 6.29 Å². The van der Waals surface area contributed by atoms with E-state index in [0.717, 1.165) is 31.3 Å². The number of hydrogen-bond acceptors (Lipinski definition) is 3. The molecule has 130 valence electrons. The van der Waals surface area contributed by atoms with Crippen LogP contribution in [0.15, 0.2) is 24.3 Å². The third kappa shape index (κ3) is 9.52. The summed E-state index contributed by atoms with van der Waals surface area (Å²) in [6.07, 6.45) is 2.80. The standard InChI is InChI=1S/C20H32O3/c1-19(2,3)10-12-22-14-17-6-8-18(9-7-17)15-23-13-11-20(4,5)16-21/h6-9,16H,10-15H2,1-5H3. The fraction of sp³-hybridized carbons (Fsp3) is 0.650. The van der Waals surface area contributed by atoms with Gasteiger partial charge in [-0.1, -0.05) is 58.9 Å². The molecule has 0 heterocycles. The summed E-state index contributed by atoms with van der Waals surface area (Å²) in [6, 6.07) is 8.33. The molecule has 0 aliphatic heterocycles. The molecule has 0 aromatic heterocycles. The van der Waals surface area contributed by atoms with E-state index >= 15 is 0 Å². The van der Waals surface area contributed by atoms with Crippen LogP contribution >= 0.6 is 0 Å². The molecule has 23 heavy (non-hydrogen) atoms. The van der Waals surface area contributed by atoms with E-state index in [-0.39, 0.29) is 5.41 Å². The molecule has 0 aliphatic rings. The smallest absolute Gasteiger partial charge is 0.125 e. The summed E-state index contributed by atoms with van der Waals surface area (Å²) in [5, 5.41) is 0. The van der Waals surface area contributed by atoms with Crippen molar-refractivity contribution in [1.29, 1.82) is 0 Å². The van der Waals surface area contributed by atoms with E-state index in [1.807, 2.05) is 13.8 Å². The predicted molar refractivity (Wildman–Crippen MR) is 94.3 cm³/mol. The first-order valence-corrected chi connectivity index (χ1v) is 8.41. The summed E-state index contributed by atoms with van der Waals surface area (Å²) in [7, 11) is 0. The van der Waals surface area contributed by atoms with Crippen molar-refractivity contribution in [3.05, 3.63) is 35.4 Å². The normalized spacial score (nSPS) is 12.4. The third-order valence-electron chi connectivity index (χ3n) is 3.77. The molecule has 0 N–H and O–H groups in total. The number of hydrogen-bond donors (Lipinski definition) is 0. The van der Waals surface area contributed by atoms with Gasteiger partial charge in [0.15, 0.2) is 0 Å². The SMILES string of the molecule is CC(C)(C)CCOCc1ccc(COCCC(C)(C)C=O)cc1. The molecule has 0 unspecified atom stereocenters. The Morgan fingerprint density at radius 2 is 1.26 bits per heavy atom. The van der Waals surface area contributed by atoms with Gasteiger partial charge in [-0.25, -0.2) is 0 Å². The van der Waals surface area contributed by atoms with Crippen LogP contribution < -0.4 is 0 Å². The Bertz CT molecular complexity index is 455. The molecule has 0 spiro atoms. The van der Waals surface area contributed by atoms with E-state index < -0.39 is 0 Å². The second-order valence-electron chi connectivity index (χ2n) is 8.09. The molecular formula is C20H32O3. The van der Waals surface area contributed by atoms with Crippen molar-refractivity contribution >= 4 is 6.29 Å². The summed E-state index contributed by atoms with van der Waals surface area (Å²) in [4.78, 5) is 10.8. The molecule has 0 atom stereocenters. The Kier molecular flexibility index (Phi) is 7.93. The molecule has 0 saturated heterocycles. The molecule has 0 fully saturated rings. The average molecular weight is 320 g/mol. The highest BCUT2D eigenvalue weighted by molar-refractivity contribution is 5.57. The number of carbonyl (C=O) groups is 1. The summed E-state index contributed by atoms with van der Waals surface area (Å²) in [5.41, 5.74) is 2.35. The van der Waals surface area contributed by atoms with Gasteiger partial charge in [0.25, 0.3) is 0 Å². The van der Waals surface area contributed by atoms with Crippen LogP contribution in [0.4, 0.5) is 0 Å². The molecule has 0 bridgehead atoms. The molecule has 0 amide bonds. The lowest BCUT2D eigenvalue weighted by Gasteiger charge is -2.17. The maximum atomic E-state index is 10.8. The predicted octanol–water partition coefficient (Wildman–Crippen LogP) is 4.77. The van der Waals surface area contributed by atoms with Crippen LogP contribution in [0.1, 0.15) is 58.6 Å². The zero-order valence-electron chi connectivity index (χ0n) is 15.4. The maximum absolute atomic E-state index is 10.8. The topological polar surface area (TPSA) is 35.5 Å². The summed E-state index contributed by atoms with van der Waals surface area (Å²) >= 11 is 0. The highest BCUT2D eigenvalue weighted by atomic mass is 16.5. The molecule has 1 aromatic rings.